The van der Waals surface area contributed by atoms with Gasteiger partial charge in [-0.2, -0.15) is 0 Å². The molecule has 1 atom stereocenters. The number of piperazine rings is 1. The molecule has 1 aliphatic heterocycles. The number of hydrogen-bond acceptors (Lipinski definition) is 5. The van der Waals surface area contributed by atoms with Gasteiger partial charge in [-0.1, -0.05) is 24.3 Å². The lowest BCUT2D eigenvalue weighted by molar-refractivity contribution is -0.122. The molecule has 4 rings (SSSR count). The van der Waals surface area contributed by atoms with E-state index in [1.54, 1.807) is 4.68 Å². The van der Waals surface area contributed by atoms with Crippen molar-refractivity contribution < 1.29 is 9.18 Å². The number of carbonyl (C=O) groups is 1. The molecule has 1 fully saturated rings. The van der Waals surface area contributed by atoms with Gasteiger partial charge in [-0.15, -0.1) is 5.10 Å². The number of amides is 1. The fraction of sp³-hybridized carbons (Fsp3) is 0.409. The summed E-state index contributed by atoms with van der Waals surface area (Å²) in [6.45, 7) is 8.88. The predicted octanol–water partition coefficient (Wildman–Crippen LogP) is 2.59. The van der Waals surface area contributed by atoms with Crippen LogP contribution in [0, 0.1) is 5.82 Å². The van der Waals surface area contributed by atoms with Gasteiger partial charge in [0.1, 0.15) is 17.9 Å². The second-order valence-electron chi connectivity index (χ2n) is 7.65. The van der Waals surface area contributed by atoms with Crippen LogP contribution in [-0.4, -0.2) is 58.5 Å². The van der Waals surface area contributed by atoms with E-state index in [1.165, 1.54) is 12.1 Å². The molecule has 0 bridgehead atoms. The fourth-order valence-corrected chi connectivity index (χ4v) is 4.00. The van der Waals surface area contributed by atoms with E-state index in [0.29, 0.717) is 0 Å². The highest BCUT2D eigenvalue weighted by molar-refractivity contribution is 5.80. The Hall–Kier alpha value is -3.00. The lowest BCUT2D eigenvalue weighted by Gasteiger charge is -2.37. The van der Waals surface area contributed by atoms with Crippen molar-refractivity contribution in [3.8, 4) is 0 Å². The Labute approximate surface area is 175 Å². The van der Waals surface area contributed by atoms with Crippen molar-refractivity contribution in [1.29, 1.82) is 0 Å². The van der Waals surface area contributed by atoms with Gasteiger partial charge in [0.15, 0.2) is 0 Å². The van der Waals surface area contributed by atoms with Gasteiger partial charge in [-0.3, -0.25) is 4.79 Å². The van der Waals surface area contributed by atoms with Crippen LogP contribution >= 0.6 is 0 Å². The number of fused-ring (bicyclic) bond motifs is 1. The molecule has 0 aliphatic carbocycles. The molecule has 2 heterocycles. The quantitative estimate of drug-likeness (QED) is 0.677. The molecule has 7 nitrogen and oxygen atoms in total. The zero-order valence-corrected chi connectivity index (χ0v) is 17.4. The lowest BCUT2D eigenvalue weighted by atomic mass is 10.0. The fourth-order valence-electron chi connectivity index (χ4n) is 4.00. The van der Waals surface area contributed by atoms with E-state index < -0.39 is 0 Å². The van der Waals surface area contributed by atoms with E-state index in [-0.39, 0.29) is 24.3 Å². The van der Waals surface area contributed by atoms with Gasteiger partial charge in [0, 0.05) is 37.4 Å². The molecule has 2 aromatic carbocycles. The van der Waals surface area contributed by atoms with Crippen molar-refractivity contribution in [3.63, 3.8) is 0 Å². The topological polar surface area (TPSA) is 66.3 Å². The Morgan fingerprint density at radius 3 is 2.70 bits per heavy atom. The molecule has 30 heavy (non-hydrogen) atoms. The number of halogens is 1. The average molecular weight is 410 g/mol. The van der Waals surface area contributed by atoms with E-state index in [9.17, 15) is 9.18 Å². The maximum atomic E-state index is 14.0. The van der Waals surface area contributed by atoms with Gasteiger partial charge < -0.3 is 15.1 Å². The van der Waals surface area contributed by atoms with E-state index in [4.69, 9.17) is 0 Å². The van der Waals surface area contributed by atoms with Crippen LogP contribution in [0.4, 0.5) is 10.1 Å². The number of nitrogens with one attached hydrogen (secondary N) is 1. The van der Waals surface area contributed by atoms with E-state index in [2.05, 4.69) is 32.4 Å². The number of aromatic nitrogens is 3. The number of benzene rings is 2. The summed E-state index contributed by atoms with van der Waals surface area (Å²) in [5.74, 6) is -0.492. The molecule has 158 valence electrons. The van der Waals surface area contributed by atoms with Gasteiger partial charge in [0.25, 0.3) is 0 Å². The molecule has 1 saturated heterocycles. The third-order valence-corrected chi connectivity index (χ3v) is 5.71. The number of nitrogens with zero attached hydrogens (tertiary/aromatic N) is 5. The van der Waals surface area contributed by atoms with Gasteiger partial charge in [-0.05, 0) is 43.8 Å². The summed E-state index contributed by atoms with van der Waals surface area (Å²) in [6, 6.07) is 12.0. The SMILES string of the molecule is CCN1CCN(c2ccc(F)cc2C(C)NC(=O)Cn2nnc3ccccc32)CC1. The number of anilines is 1. The first kappa shape index (κ1) is 20.3. The number of likely N-dealkylation sites (N-methyl/N-ethyl adjacent to an activating group) is 1. The number of carbonyl (C=O) groups excluding carboxylic acids is 1. The largest absolute Gasteiger partial charge is 0.369 e. The number of rotatable bonds is 6. The lowest BCUT2D eigenvalue weighted by Crippen LogP contribution is -2.46. The van der Waals surface area contributed by atoms with Crippen molar-refractivity contribution in [1.82, 2.24) is 25.2 Å². The van der Waals surface area contributed by atoms with Crippen LogP contribution in [-0.2, 0) is 11.3 Å². The molecule has 0 radical (unpaired) electrons. The molecular formula is C22H27FN6O. The second kappa shape index (κ2) is 8.79. The molecule has 1 aromatic heterocycles. The third kappa shape index (κ3) is 4.28. The first-order valence-corrected chi connectivity index (χ1v) is 10.4. The monoisotopic (exact) mass is 410 g/mol. The zero-order chi connectivity index (χ0) is 21.1. The van der Waals surface area contributed by atoms with Crippen LogP contribution in [0.2, 0.25) is 0 Å². The van der Waals surface area contributed by atoms with E-state index in [0.717, 1.165) is 55.0 Å². The normalized spacial score (nSPS) is 16.0. The smallest absolute Gasteiger partial charge is 0.242 e. The van der Waals surface area contributed by atoms with E-state index in [1.807, 2.05) is 37.3 Å². The maximum absolute atomic E-state index is 14.0. The average Bonchev–Trinajstić information content (AvgIpc) is 3.16. The highest BCUT2D eigenvalue weighted by Crippen LogP contribution is 2.28. The number of para-hydroxylation sites is 1. The van der Waals surface area contributed by atoms with Crippen LogP contribution in [0.1, 0.15) is 25.5 Å². The van der Waals surface area contributed by atoms with Crippen LogP contribution in [0.3, 0.4) is 0 Å². The Bertz CT molecular complexity index is 1030. The van der Waals surface area contributed by atoms with E-state index >= 15 is 0 Å². The molecule has 1 N–H and O–H groups in total. The Morgan fingerprint density at radius 1 is 1.17 bits per heavy atom. The van der Waals surface area contributed by atoms with Gasteiger partial charge in [0.2, 0.25) is 5.91 Å². The van der Waals surface area contributed by atoms with Crippen molar-refractivity contribution in [3.05, 3.63) is 53.8 Å². The third-order valence-electron chi connectivity index (χ3n) is 5.71. The summed E-state index contributed by atoms with van der Waals surface area (Å²) in [6.07, 6.45) is 0. The summed E-state index contributed by atoms with van der Waals surface area (Å²) >= 11 is 0. The summed E-state index contributed by atoms with van der Waals surface area (Å²) in [5.41, 5.74) is 3.32. The Kier molecular flexibility index (Phi) is 5.94. The molecule has 1 unspecified atom stereocenters. The zero-order valence-electron chi connectivity index (χ0n) is 17.4. The molecule has 3 aromatic rings. The maximum Gasteiger partial charge on any atom is 0.242 e. The molecule has 1 aliphatic rings. The summed E-state index contributed by atoms with van der Waals surface area (Å²) in [7, 11) is 0. The summed E-state index contributed by atoms with van der Waals surface area (Å²) < 4.78 is 15.6. The van der Waals surface area contributed by atoms with Crippen molar-refractivity contribution >= 4 is 22.6 Å². The van der Waals surface area contributed by atoms with Crippen LogP contribution in [0.25, 0.3) is 11.0 Å². The van der Waals surface area contributed by atoms with Gasteiger partial charge >= 0.3 is 0 Å². The van der Waals surface area contributed by atoms with Gasteiger partial charge in [0.05, 0.1) is 11.6 Å². The molecule has 8 heteroatoms. The highest BCUT2D eigenvalue weighted by Gasteiger charge is 2.22. The number of hydrogen-bond donors (Lipinski definition) is 1. The summed E-state index contributed by atoms with van der Waals surface area (Å²) in [4.78, 5) is 17.3. The molecule has 1 amide bonds. The van der Waals surface area contributed by atoms with Crippen LogP contribution in [0.5, 0.6) is 0 Å². The first-order valence-electron chi connectivity index (χ1n) is 10.4. The minimum absolute atomic E-state index is 0.0602. The van der Waals surface area contributed by atoms with Gasteiger partial charge in [-0.25, -0.2) is 9.07 Å². The first-order chi connectivity index (χ1) is 14.5. The molecule has 0 spiro atoms. The van der Waals surface area contributed by atoms with Crippen LogP contribution in [0.15, 0.2) is 42.5 Å². The van der Waals surface area contributed by atoms with Crippen molar-refractivity contribution in [2.45, 2.75) is 26.4 Å². The summed E-state index contributed by atoms with van der Waals surface area (Å²) in [5, 5.41) is 11.1. The highest BCUT2D eigenvalue weighted by atomic mass is 19.1. The van der Waals surface area contributed by atoms with Crippen molar-refractivity contribution in [2.24, 2.45) is 0 Å². The minimum atomic E-state index is -0.331. The molecular weight excluding hydrogens is 383 g/mol. The van der Waals surface area contributed by atoms with Crippen LogP contribution < -0.4 is 10.2 Å². The Morgan fingerprint density at radius 2 is 1.93 bits per heavy atom. The Balaban J connectivity index is 1.48. The standard InChI is InChI=1S/C22H27FN6O/c1-3-27-10-12-28(13-11-27)20-9-8-17(23)14-18(20)16(2)24-22(30)15-29-21-7-5-4-6-19(21)25-26-29/h4-9,14,16H,3,10-13,15H2,1-2H3,(H,24,30). The minimum Gasteiger partial charge on any atom is -0.369 e. The van der Waals surface area contributed by atoms with Crippen molar-refractivity contribution in [2.75, 3.05) is 37.6 Å². The predicted molar refractivity (Wildman–Crippen MR) is 115 cm³/mol. The second-order valence-corrected chi connectivity index (χ2v) is 7.65. The molecule has 0 saturated carbocycles.